The van der Waals surface area contributed by atoms with E-state index in [4.69, 9.17) is 4.55 Å². The largest absolute Gasteiger partial charge is 1.00 e. The van der Waals surface area contributed by atoms with Crippen molar-refractivity contribution < 1.29 is 60.6 Å². The summed E-state index contributed by atoms with van der Waals surface area (Å²) in [6.45, 7) is 3.36. The third-order valence-electron chi connectivity index (χ3n) is 5.41. The Hall–Kier alpha value is -3.04. The molecule has 4 aromatic rings. The molecule has 11 nitrogen and oxygen atoms in total. The van der Waals surface area contributed by atoms with E-state index in [1.165, 1.54) is 36.4 Å². The number of hydrogen-bond donors (Lipinski definition) is 2. The van der Waals surface area contributed by atoms with Gasteiger partial charge in [0.2, 0.25) is 0 Å². The molecule has 14 heteroatoms. The molecule has 190 valence electrons. The van der Waals surface area contributed by atoms with Gasteiger partial charge in [0.15, 0.2) is 0 Å². The second-order valence-electron chi connectivity index (χ2n) is 8.04. The van der Waals surface area contributed by atoms with Gasteiger partial charge in [-0.3, -0.25) is 4.55 Å². The molecular formula is C24H19N4NaO7S2. The van der Waals surface area contributed by atoms with Gasteiger partial charge in [0.25, 0.3) is 10.1 Å². The number of azo groups is 2. The number of benzene rings is 4. The molecule has 0 amide bonds. The van der Waals surface area contributed by atoms with Crippen molar-refractivity contribution in [2.75, 3.05) is 0 Å². The van der Waals surface area contributed by atoms with Crippen LogP contribution in [0.3, 0.4) is 0 Å². The molecule has 0 unspecified atom stereocenters. The topological polar surface area (TPSA) is 181 Å². The zero-order chi connectivity index (χ0) is 27.0. The number of nitrogens with zero attached hydrogens (tertiary/aromatic N) is 4. The number of fused-ring (bicyclic) bond motifs is 1. The zero-order valence-corrected chi connectivity index (χ0v) is 24.0. The summed E-state index contributed by atoms with van der Waals surface area (Å²) in [6, 6.07) is 15.7. The molecule has 0 saturated carbocycles. The number of phenolic OH excluding ortho intramolecular Hbond substituents is 1. The second-order valence-corrected chi connectivity index (χ2v) is 10.8. The summed E-state index contributed by atoms with van der Waals surface area (Å²) in [6.07, 6.45) is 0. The van der Waals surface area contributed by atoms with E-state index >= 15 is 0 Å². The van der Waals surface area contributed by atoms with Gasteiger partial charge in [-0.05, 0) is 78.9 Å². The van der Waals surface area contributed by atoms with Crippen LogP contribution in [0.2, 0.25) is 0 Å². The normalized spacial score (nSPS) is 12.3. The van der Waals surface area contributed by atoms with Crippen molar-refractivity contribution in [2.45, 2.75) is 23.6 Å². The minimum Gasteiger partial charge on any atom is -0.744 e. The fourth-order valence-corrected chi connectivity index (χ4v) is 4.83. The van der Waals surface area contributed by atoms with Gasteiger partial charge in [0, 0.05) is 5.39 Å². The molecule has 38 heavy (non-hydrogen) atoms. The first kappa shape index (κ1) is 29.5. The molecule has 0 saturated heterocycles. The summed E-state index contributed by atoms with van der Waals surface area (Å²) >= 11 is 0. The number of hydrogen-bond acceptors (Lipinski definition) is 10. The van der Waals surface area contributed by atoms with E-state index in [1.807, 2.05) is 0 Å². The number of phenols is 1. The van der Waals surface area contributed by atoms with Crippen molar-refractivity contribution in [3.8, 4) is 5.75 Å². The maximum Gasteiger partial charge on any atom is 1.00 e. The minimum absolute atomic E-state index is 0. The van der Waals surface area contributed by atoms with Gasteiger partial charge in [-0.1, -0.05) is 18.2 Å². The third-order valence-corrected chi connectivity index (χ3v) is 7.13. The van der Waals surface area contributed by atoms with Crippen molar-refractivity contribution in [2.24, 2.45) is 20.5 Å². The van der Waals surface area contributed by atoms with E-state index in [-0.39, 0.29) is 51.3 Å². The molecular weight excluding hydrogens is 543 g/mol. The van der Waals surface area contributed by atoms with E-state index in [0.717, 1.165) is 6.07 Å². The molecule has 0 bridgehead atoms. The zero-order valence-electron chi connectivity index (χ0n) is 20.4. The first-order valence-electron chi connectivity index (χ1n) is 10.6. The summed E-state index contributed by atoms with van der Waals surface area (Å²) in [5.74, 6) is -0.342. The molecule has 0 aliphatic heterocycles. The fraction of sp³-hybridized carbons (Fsp3) is 0.0833. The molecule has 4 rings (SSSR count). The summed E-state index contributed by atoms with van der Waals surface area (Å²) < 4.78 is 66.9. The van der Waals surface area contributed by atoms with Crippen LogP contribution in [0, 0.1) is 13.8 Å². The molecule has 0 aromatic heterocycles. The Kier molecular flexibility index (Phi) is 8.83. The van der Waals surface area contributed by atoms with Crippen molar-refractivity contribution in [3.63, 3.8) is 0 Å². The van der Waals surface area contributed by atoms with E-state index in [2.05, 4.69) is 20.5 Å². The van der Waals surface area contributed by atoms with E-state index in [0.29, 0.717) is 33.6 Å². The van der Waals surface area contributed by atoms with Gasteiger partial charge in [-0.25, -0.2) is 8.42 Å². The molecule has 0 spiro atoms. The van der Waals surface area contributed by atoms with Crippen LogP contribution in [0.15, 0.2) is 97.0 Å². The number of rotatable bonds is 6. The Balaban J connectivity index is 0.00000400. The third kappa shape index (κ3) is 6.50. The molecule has 0 heterocycles. The van der Waals surface area contributed by atoms with Gasteiger partial charge in [-0.2, -0.15) is 23.8 Å². The summed E-state index contributed by atoms with van der Waals surface area (Å²) in [5.41, 5.74) is 2.24. The quantitative estimate of drug-likeness (QED) is 0.206. The summed E-state index contributed by atoms with van der Waals surface area (Å²) in [7, 11) is -9.16. The Bertz CT molecular complexity index is 1820. The fourth-order valence-electron chi connectivity index (χ4n) is 3.56. The molecule has 0 fully saturated rings. The summed E-state index contributed by atoms with van der Waals surface area (Å²) in [4.78, 5) is -0.756. The smallest absolute Gasteiger partial charge is 0.744 e. The first-order valence-corrected chi connectivity index (χ1v) is 13.4. The van der Waals surface area contributed by atoms with Crippen molar-refractivity contribution in [1.29, 1.82) is 0 Å². The van der Waals surface area contributed by atoms with Gasteiger partial charge in [0.1, 0.15) is 21.6 Å². The van der Waals surface area contributed by atoms with Crippen LogP contribution >= 0.6 is 0 Å². The van der Waals surface area contributed by atoms with E-state index < -0.39 is 25.1 Å². The van der Waals surface area contributed by atoms with Gasteiger partial charge < -0.3 is 9.66 Å². The van der Waals surface area contributed by atoms with Crippen LogP contribution in [0.25, 0.3) is 10.8 Å². The molecule has 0 aliphatic carbocycles. The summed E-state index contributed by atoms with van der Waals surface area (Å²) in [5, 5.41) is 27.1. The molecule has 4 aromatic carbocycles. The maximum atomic E-state index is 11.8. The molecule has 2 N–H and O–H groups in total. The van der Waals surface area contributed by atoms with E-state index in [9.17, 15) is 26.5 Å². The number of aromatic hydroxyl groups is 1. The number of aryl methyl sites for hydroxylation is 2. The average molecular weight is 563 g/mol. The van der Waals surface area contributed by atoms with Crippen molar-refractivity contribution in [3.05, 3.63) is 77.9 Å². The molecule has 0 aliphatic rings. The van der Waals surface area contributed by atoms with Gasteiger partial charge in [-0.15, -0.1) is 5.11 Å². The van der Waals surface area contributed by atoms with Crippen LogP contribution in [0.5, 0.6) is 5.75 Å². The van der Waals surface area contributed by atoms with Crippen LogP contribution in [-0.2, 0) is 20.2 Å². The molecule has 0 atom stereocenters. The van der Waals surface area contributed by atoms with Crippen LogP contribution < -0.4 is 29.6 Å². The van der Waals surface area contributed by atoms with E-state index in [1.54, 1.807) is 38.1 Å². The van der Waals surface area contributed by atoms with Crippen molar-refractivity contribution in [1.82, 2.24) is 0 Å². The van der Waals surface area contributed by atoms with Gasteiger partial charge in [0.05, 0.1) is 26.9 Å². The van der Waals surface area contributed by atoms with Gasteiger partial charge >= 0.3 is 29.6 Å². The van der Waals surface area contributed by atoms with Crippen LogP contribution in [0.1, 0.15) is 11.1 Å². The second kappa shape index (κ2) is 11.4. The minimum atomic E-state index is -4.84. The Morgan fingerprint density at radius 1 is 0.763 bits per heavy atom. The van der Waals surface area contributed by atoms with Crippen LogP contribution in [0.4, 0.5) is 22.7 Å². The standard InChI is InChI=1S/C24H20N4O7S2.Na/c1-14-12-17(25-26-20-10-8-18(13-15(20)2)36(30,31)32)7-9-19(14)27-28-24-21(29)11-6-16-4-3-5-22(23(16)24)37(33,34)35;/h3-13,29H,1-2H3,(H,30,31,32)(H,33,34,35);/q;+1/p-1. The Labute approximate surface area is 240 Å². The Morgan fingerprint density at radius 2 is 1.39 bits per heavy atom. The van der Waals surface area contributed by atoms with Crippen molar-refractivity contribution >= 4 is 53.8 Å². The maximum absolute atomic E-state index is 11.8. The molecule has 0 radical (unpaired) electrons. The monoisotopic (exact) mass is 562 g/mol. The first-order chi connectivity index (χ1) is 17.3. The predicted octanol–water partition coefficient (Wildman–Crippen LogP) is 3.15. The van der Waals surface area contributed by atoms with Crippen LogP contribution in [-0.4, -0.2) is 31.0 Å². The Morgan fingerprint density at radius 3 is 2.00 bits per heavy atom. The predicted molar refractivity (Wildman–Crippen MR) is 134 cm³/mol. The average Bonchev–Trinajstić information content (AvgIpc) is 2.82. The SMILES string of the molecule is Cc1cc(S(=O)(=O)O)ccc1N=Nc1ccc(N=Nc2c(O)ccc3cccc(S(=O)(=O)[O-])c23)c(C)c1.[Na+].